The van der Waals surface area contributed by atoms with Crippen molar-refractivity contribution < 1.29 is 9.47 Å². The first-order valence-electron chi connectivity index (χ1n) is 7.75. The Morgan fingerprint density at radius 1 is 1.10 bits per heavy atom. The van der Waals surface area contributed by atoms with Crippen molar-refractivity contribution in [1.29, 1.82) is 0 Å². The highest BCUT2D eigenvalue weighted by Gasteiger charge is 2.46. The predicted octanol–water partition coefficient (Wildman–Crippen LogP) is 2.30. The Kier molecular flexibility index (Phi) is 3.48. The minimum atomic E-state index is 0.268. The van der Waals surface area contributed by atoms with Gasteiger partial charge >= 0.3 is 0 Å². The minimum Gasteiger partial charge on any atom is -0.489 e. The van der Waals surface area contributed by atoms with Crippen LogP contribution in [0.15, 0.2) is 12.1 Å². The van der Waals surface area contributed by atoms with Crippen molar-refractivity contribution in [2.45, 2.75) is 19.4 Å². The molecule has 1 aromatic carbocycles. The molecule has 0 radical (unpaired) electrons. The lowest BCUT2D eigenvalue weighted by Gasteiger charge is -2.27. The number of rotatable bonds is 2. The van der Waals surface area contributed by atoms with Crippen LogP contribution in [0.2, 0.25) is 5.02 Å². The van der Waals surface area contributed by atoms with Gasteiger partial charge in [0.15, 0.2) is 11.5 Å². The molecule has 0 unspecified atom stereocenters. The molecule has 1 N–H and O–H groups in total. The van der Waals surface area contributed by atoms with Crippen LogP contribution in [0.5, 0.6) is 11.5 Å². The molecule has 21 heavy (non-hydrogen) atoms. The number of nitrogens with one attached hydrogen (secondary N) is 1. The van der Waals surface area contributed by atoms with Crippen LogP contribution in [0.4, 0.5) is 0 Å². The molecule has 2 heterocycles. The topological polar surface area (TPSA) is 33.7 Å². The van der Waals surface area contributed by atoms with Crippen LogP contribution in [0.3, 0.4) is 0 Å². The first kappa shape index (κ1) is 13.7. The van der Waals surface area contributed by atoms with Crippen molar-refractivity contribution in [2.75, 3.05) is 39.4 Å². The van der Waals surface area contributed by atoms with Crippen molar-refractivity contribution in [3.8, 4) is 11.5 Å². The molecule has 1 aromatic rings. The molecule has 1 saturated heterocycles. The average Bonchev–Trinajstić information content (AvgIpc) is 3.29. The van der Waals surface area contributed by atoms with Gasteiger partial charge in [0, 0.05) is 49.2 Å². The van der Waals surface area contributed by atoms with Crippen LogP contribution in [0, 0.1) is 5.41 Å². The van der Waals surface area contributed by atoms with E-state index >= 15 is 0 Å². The van der Waals surface area contributed by atoms with Crippen LogP contribution >= 0.6 is 11.6 Å². The van der Waals surface area contributed by atoms with Gasteiger partial charge in [-0.05, 0) is 24.5 Å². The quantitative estimate of drug-likeness (QED) is 0.909. The summed E-state index contributed by atoms with van der Waals surface area (Å²) in [6.45, 7) is 6.63. The number of nitrogens with zero attached hydrogens (tertiary/aromatic N) is 1. The fraction of sp³-hybridized carbons (Fsp3) is 0.625. The molecule has 0 atom stereocenters. The number of halogens is 1. The Balaban J connectivity index is 1.54. The van der Waals surface area contributed by atoms with Crippen molar-refractivity contribution in [3.63, 3.8) is 0 Å². The smallest absolute Gasteiger partial charge is 0.162 e. The van der Waals surface area contributed by atoms with Gasteiger partial charge in [-0.15, -0.1) is 0 Å². The molecule has 4 nitrogen and oxygen atoms in total. The van der Waals surface area contributed by atoms with Crippen molar-refractivity contribution in [1.82, 2.24) is 10.2 Å². The molecular formula is C16H21ClN2O2. The molecule has 3 aliphatic rings. The van der Waals surface area contributed by atoms with Crippen LogP contribution in [0.25, 0.3) is 0 Å². The molecule has 1 spiro atoms. The van der Waals surface area contributed by atoms with Crippen molar-refractivity contribution in [2.24, 2.45) is 5.41 Å². The third-order valence-corrected chi connectivity index (χ3v) is 5.09. The van der Waals surface area contributed by atoms with Gasteiger partial charge in [-0.25, -0.2) is 0 Å². The Labute approximate surface area is 130 Å². The maximum Gasteiger partial charge on any atom is 0.162 e. The zero-order chi connectivity index (χ0) is 14.3. The fourth-order valence-electron chi connectivity index (χ4n) is 3.00. The number of benzene rings is 1. The summed E-state index contributed by atoms with van der Waals surface area (Å²) in [6, 6.07) is 4.00. The van der Waals surface area contributed by atoms with E-state index < -0.39 is 0 Å². The molecule has 4 rings (SSSR count). The van der Waals surface area contributed by atoms with Crippen molar-refractivity contribution in [3.05, 3.63) is 22.7 Å². The maximum atomic E-state index is 6.44. The van der Waals surface area contributed by atoms with E-state index in [1.807, 2.05) is 6.07 Å². The summed E-state index contributed by atoms with van der Waals surface area (Å²) in [5, 5.41) is 4.15. The van der Waals surface area contributed by atoms with Crippen LogP contribution < -0.4 is 14.8 Å². The van der Waals surface area contributed by atoms with Gasteiger partial charge in [-0.1, -0.05) is 11.6 Å². The lowest BCUT2D eigenvalue weighted by molar-refractivity contribution is 0.197. The maximum absolute atomic E-state index is 6.44. The van der Waals surface area contributed by atoms with Crippen molar-refractivity contribution >= 4 is 11.6 Å². The van der Waals surface area contributed by atoms with E-state index in [-0.39, 0.29) is 5.41 Å². The molecule has 0 aromatic heterocycles. The minimum absolute atomic E-state index is 0.268. The predicted molar refractivity (Wildman–Crippen MR) is 82.3 cm³/mol. The van der Waals surface area contributed by atoms with Gasteiger partial charge in [0.1, 0.15) is 0 Å². The highest BCUT2D eigenvalue weighted by Crippen LogP contribution is 2.49. The van der Waals surface area contributed by atoms with E-state index in [2.05, 4.69) is 16.3 Å². The molecule has 2 fully saturated rings. The van der Waals surface area contributed by atoms with E-state index in [0.717, 1.165) is 68.0 Å². The highest BCUT2D eigenvalue weighted by molar-refractivity contribution is 6.31. The van der Waals surface area contributed by atoms with E-state index in [0.29, 0.717) is 0 Å². The highest BCUT2D eigenvalue weighted by atomic mass is 35.5. The SMILES string of the molecule is Clc1cc2c(cc1CN1CCNCC1)OCC1(CC1)CO2. The largest absolute Gasteiger partial charge is 0.489 e. The lowest BCUT2D eigenvalue weighted by Crippen LogP contribution is -2.42. The zero-order valence-corrected chi connectivity index (χ0v) is 12.9. The van der Waals surface area contributed by atoms with Gasteiger partial charge in [-0.2, -0.15) is 0 Å². The summed E-state index contributed by atoms with van der Waals surface area (Å²) >= 11 is 6.44. The number of hydrogen-bond acceptors (Lipinski definition) is 4. The Morgan fingerprint density at radius 2 is 1.76 bits per heavy atom. The molecule has 1 saturated carbocycles. The Hall–Kier alpha value is -0.970. The average molecular weight is 309 g/mol. The standard InChI is InChI=1S/C16H21ClN2O2/c17-13-8-15-14(20-10-16(1-2-16)11-21-15)7-12(13)9-19-5-3-18-4-6-19/h7-8,18H,1-6,9-11H2. The third-order valence-electron chi connectivity index (χ3n) is 4.74. The first-order valence-corrected chi connectivity index (χ1v) is 8.13. The van der Waals surface area contributed by atoms with Crippen LogP contribution in [-0.4, -0.2) is 44.3 Å². The van der Waals surface area contributed by atoms with Gasteiger partial charge < -0.3 is 14.8 Å². The molecule has 0 bridgehead atoms. The first-order chi connectivity index (χ1) is 10.2. The fourth-order valence-corrected chi connectivity index (χ4v) is 3.22. The second kappa shape index (κ2) is 5.34. The monoisotopic (exact) mass is 308 g/mol. The van der Waals surface area contributed by atoms with Gasteiger partial charge in [0.2, 0.25) is 0 Å². The number of fused-ring (bicyclic) bond motifs is 1. The van der Waals surface area contributed by atoms with Gasteiger partial charge in [-0.3, -0.25) is 4.90 Å². The van der Waals surface area contributed by atoms with E-state index in [4.69, 9.17) is 21.1 Å². The van der Waals surface area contributed by atoms with E-state index in [1.165, 1.54) is 12.8 Å². The van der Waals surface area contributed by atoms with Gasteiger partial charge in [0.05, 0.1) is 13.2 Å². The summed E-state index contributed by atoms with van der Waals surface area (Å²) in [5.41, 5.74) is 1.40. The summed E-state index contributed by atoms with van der Waals surface area (Å²) in [4.78, 5) is 2.42. The molecule has 1 aliphatic carbocycles. The van der Waals surface area contributed by atoms with Gasteiger partial charge in [0.25, 0.3) is 0 Å². The molecule has 0 amide bonds. The zero-order valence-electron chi connectivity index (χ0n) is 12.2. The van der Waals surface area contributed by atoms with E-state index in [1.54, 1.807) is 0 Å². The number of hydrogen-bond donors (Lipinski definition) is 1. The molecule has 5 heteroatoms. The second-order valence-electron chi connectivity index (χ2n) is 6.49. The van der Waals surface area contributed by atoms with Crippen LogP contribution in [-0.2, 0) is 6.54 Å². The third kappa shape index (κ3) is 2.85. The number of ether oxygens (including phenoxy) is 2. The second-order valence-corrected chi connectivity index (χ2v) is 6.90. The van der Waals surface area contributed by atoms with E-state index in [9.17, 15) is 0 Å². The van der Waals surface area contributed by atoms with Crippen LogP contribution in [0.1, 0.15) is 18.4 Å². The molecular weight excluding hydrogens is 288 g/mol. The molecule has 2 aliphatic heterocycles. The Morgan fingerprint density at radius 3 is 2.43 bits per heavy atom. The summed E-state index contributed by atoms with van der Waals surface area (Å²) < 4.78 is 11.9. The molecule has 114 valence electrons. The summed E-state index contributed by atoms with van der Waals surface area (Å²) in [6.07, 6.45) is 2.42. The number of piperazine rings is 1. The normalized spacial score (nSPS) is 23.9. The summed E-state index contributed by atoms with van der Waals surface area (Å²) in [7, 11) is 0. The lowest BCUT2D eigenvalue weighted by atomic mass is 10.1. The summed E-state index contributed by atoms with van der Waals surface area (Å²) in [5.74, 6) is 1.65. The Bertz CT molecular complexity index is 539.